The van der Waals surface area contributed by atoms with E-state index in [-0.39, 0.29) is 35.7 Å². The van der Waals surface area contributed by atoms with Gasteiger partial charge < -0.3 is 19.6 Å². The molecule has 0 radical (unpaired) electrons. The van der Waals surface area contributed by atoms with E-state index in [1.165, 1.54) is 6.42 Å². The van der Waals surface area contributed by atoms with Crippen molar-refractivity contribution in [2.45, 2.75) is 106 Å². The summed E-state index contributed by atoms with van der Waals surface area (Å²) in [7, 11) is 0. The van der Waals surface area contributed by atoms with Crippen molar-refractivity contribution in [3.8, 4) is 0 Å². The Labute approximate surface area is 226 Å². The lowest BCUT2D eigenvalue weighted by molar-refractivity contribution is -0.154. The van der Waals surface area contributed by atoms with Gasteiger partial charge in [-0.3, -0.25) is 14.4 Å². The first-order valence-electron chi connectivity index (χ1n) is 14.2. The van der Waals surface area contributed by atoms with E-state index in [0.717, 1.165) is 57.8 Å². The predicted molar refractivity (Wildman–Crippen MR) is 146 cm³/mol. The number of carbonyl (C=O) groups is 3. The minimum Gasteiger partial charge on any atom is -0.465 e. The second-order valence-electron chi connectivity index (χ2n) is 11.1. The number of allylic oxidation sites excluding steroid dienone is 1. The van der Waals surface area contributed by atoms with E-state index in [9.17, 15) is 19.5 Å². The lowest BCUT2D eigenvalue weighted by atomic mass is 9.71. The minimum atomic E-state index is -0.677. The normalized spacial score (nSPS) is 31.7. The van der Waals surface area contributed by atoms with Gasteiger partial charge in [0.15, 0.2) is 0 Å². The fraction of sp³-hybridized carbons (Fsp3) is 0.759. The Morgan fingerprint density at radius 1 is 1.22 bits per heavy atom. The first-order valence-corrected chi connectivity index (χ1v) is 15.1. The van der Waals surface area contributed by atoms with Crippen LogP contribution in [0.1, 0.15) is 77.6 Å². The van der Waals surface area contributed by atoms with Crippen LogP contribution in [0.25, 0.3) is 0 Å². The predicted octanol–water partition coefficient (Wildman–Crippen LogP) is 4.10. The highest BCUT2D eigenvalue weighted by Crippen LogP contribution is 2.67. The van der Waals surface area contributed by atoms with Crippen LogP contribution in [0.5, 0.6) is 0 Å². The summed E-state index contributed by atoms with van der Waals surface area (Å²) in [6.45, 7) is 10.2. The number of hydrogen-bond acceptors (Lipinski definition) is 6. The molecule has 1 N–H and O–H groups in total. The number of thioether (sulfide) groups is 1. The summed E-state index contributed by atoms with van der Waals surface area (Å²) in [5, 5.41) is 10.2. The van der Waals surface area contributed by atoms with Gasteiger partial charge in [-0.2, -0.15) is 0 Å². The molecular weight excluding hydrogens is 488 g/mol. The van der Waals surface area contributed by atoms with E-state index >= 15 is 0 Å². The summed E-state index contributed by atoms with van der Waals surface area (Å²) in [6, 6.07) is -0.987. The van der Waals surface area contributed by atoms with E-state index in [4.69, 9.17) is 4.74 Å². The Bertz CT molecular complexity index is 870. The molecule has 7 nitrogen and oxygen atoms in total. The van der Waals surface area contributed by atoms with Gasteiger partial charge in [-0.25, -0.2) is 0 Å². The number of aliphatic hydroxyl groups excluding tert-OH is 1. The molecule has 3 aliphatic heterocycles. The number of carbonyl (C=O) groups excluding carboxylic acids is 3. The van der Waals surface area contributed by atoms with Crippen LogP contribution in [0, 0.1) is 11.8 Å². The molecule has 0 aromatic rings. The summed E-state index contributed by atoms with van der Waals surface area (Å²) in [6.07, 6.45) is 13.6. The number of amides is 2. The zero-order valence-corrected chi connectivity index (χ0v) is 23.1. The van der Waals surface area contributed by atoms with Crippen LogP contribution in [-0.4, -0.2) is 80.6 Å². The van der Waals surface area contributed by atoms with Gasteiger partial charge in [0, 0.05) is 17.8 Å². The number of likely N-dealkylation sites (tertiary alicyclic amines) is 1. The van der Waals surface area contributed by atoms with Gasteiger partial charge >= 0.3 is 5.97 Å². The second-order valence-corrected chi connectivity index (χ2v) is 12.7. The summed E-state index contributed by atoms with van der Waals surface area (Å²) in [4.78, 5) is 45.5. The Balaban J connectivity index is 1.64. The molecule has 2 unspecified atom stereocenters. The van der Waals surface area contributed by atoms with Gasteiger partial charge in [0.2, 0.25) is 11.8 Å². The van der Waals surface area contributed by atoms with Crippen molar-refractivity contribution in [1.29, 1.82) is 0 Å². The number of fused-ring (bicyclic) bond motifs is 1. The maximum Gasteiger partial charge on any atom is 0.310 e. The lowest BCUT2D eigenvalue weighted by Crippen LogP contribution is -2.59. The molecule has 6 atom stereocenters. The van der Waals surface area contributed by atoms with Crippen LogP contribution in [-0.2, 0) is 19.1 Å². The quantitative estimate of drug-likeness (QED) is 0.218. The molecular formula is C29H44N2O5S. The molecule has 206 valence electrons. The molecule has 4 aliphatic rings. The first kappa shape index (κ1) is 28.2. The molecule has 3 heterocycles. The van der Waals surface area contributed by atoms with E-state index in [0.29, 0.717) is 19.6 Å². The Kier molecular flexibility index (Phi) is 9.43. The van der Waals surface area contributed by atoms with Gasteiger partial charge in [0.05, 0.1) is 35.8 Å². The fourth-order valence-electron chi connectivity index (χ4n) is 7.21. The largest absolute Gasteiger partial charge is 0.465 e. The van der Waals surface area contributed by atoms with Crippen molar-refractivity contribution in [1.82, 2.24) is 9.80 Å². The molecule has 3 saturated heterocycles. The molecule has 1 spiro atoms. The maximum absolute atomic E-state index is 14.5. The summed E-state index contributed by atoms with van der Waals surface area (Å²) >= 11 is 1.67. The maximum atomic E-state index is 14.5. The van der Waals surface area contributed by atoms with E-state index in [1.807, 2.05) is 17.9 Å². The third kappa shape index (κ3) is 5.12. The van der Waals surface area contributed by atoms with E-state index in [1.54, 1.807) is 22.7 Å². The van der Waals surface area contributed by atoms with Gasteiger partial charge in [0.1, 0.15) is 6.04 Å². The van der Waals surface area contributed by atoms with Gasteiger partial charge in [-0.1, -0.05) is 38.3 Å². The lowest BCUT2D eigenvalue weighted by Gasteiger charge is -2.42. The van der Waals surface area contributed by atoms with Crippen LogP contribution >= 0.6 is 11.8 Å². The highest BCUT2D eigenvalue weighted by atomic mass is 32.2. The Morgan fingerprint density at radius 3 is 2.62 bits per heavy atom. The van der Waals surface area contributed by atoms with Crippen molar-refractivity contribution in [3.63, 3.8) is 0 Å². The zero-order chi connectivity index (χ0) is 26.6. The number of esters is 1. The smallest absolute Gasteiger partial charge is 0.310 e. The average Bonchev–Trinajstić information content (AvgIpc) is 3.56. The number of ether oxygens (including phenoxy) is 1. The Morgan fingerprint density at radius 2 is 1.97 bits per heavy atom. The molecule has 4 fully saturated rings. The average molecular weight is 533 g/mol. The van der Waals surface area contributed by atoms with Crippen molar-refractivity contribution < 1.29 is 24.2 Å². The van der Waals surface area contributed by atoms with Crippen molar-refractivity contribution in [2.24, 2.45) is 11.8 Å². The third-order valence-electron chi connectivity index (χ3n) is 8.99. The Hall–Kier alpha value is -1.80. The molecule has 1 saturated carbocycles. The molecule has 2 bridgehead atoms. The molecule has 1 aliphatic carbocycles. The number of nitrogens with zero attached hydrogens (tertiary/aromatic N) is 2. The van der Waals surface area contributed by atoms with E-state index < -0.39 is 28.7 Å². The SMILES string of the molecule is C=CCCCCOC(=O)[C@@H]1[C@@H]2CCC3(S2)C(C(=O)N(CC=C)C2CCCCC2)N([C@@H](CC)CO)C(=O)[C@H]13. The zero-order valence-electron chi connectivity index (χ0n) is 22.3. The topological polar surface area (TPSA) is 87.2 Å². The van der Waals surface area contributed by atoms with Crippen molar-refractivity contribution >= 4 is 29.5 Å². The molecule has 37 heavy (non-hydrogen) atoms. The third-order valence-corrected chi connectivity index (χ3v) is 10.9. The molecule has 2 amide bonds. The number of unbranched alkanes of at least 4 members (excludes halogenated alkanes) is 2. The van der Waals surface area contributed by atoms with Gasteiger partial charge in [-0.05, 0) is 51.4 Å². The number of hydrogen-bond donors (Lipinski definition) is 1. The van der Waals surface area contributed by atoms with Gasteiger partial charge in [0.25, 0.3) is 0 Å². The highest BCUT2D eigenvalue weighted by molar-refractivity contribution is 8.02. The standard InChI is InChI=1S/C29H44N2O5S/c1-4-7-8-12-18-36-28(35)23-22-15-16-29(37-22)24(23)26(33)31(20(6-3)19-32)25(29)27(34)30(17-5-2)21-13-10-9-11-14-21/h4-5,20-25,32H,1-2,6-19H2,3H3/t20-,22-,23+,24-,25?,29?/m0/s1. The first-order chi connectivity index (χ1) is 17.9. The summed E-state index contributed by atoms with van der Waals surface area (Å²) in [5.74, 6) is -1.63. The van der Waals surface area contributed by atoms with Crippen molar-refractivity contribution in [3.05, 3.63) is 25.3 Å². The van der Waals surface area contributed by atoms with Crippen LogP contribution in [0.2, 0.25) is 0 Å². The monoisotopic (exact) mass is 532 g/mol. The number of aliphatic hydroxyl groups is 1. The molecule has 4 rings (SSSR count). The van der Waals surface area contributed by atoms with Crippen molar-refractivity contribution in [2.75, 3.05) is 19.8 Å². The molecule has 0 aromatic heterocycles. The fourth-order valence-corrected chi connectivity index (χ4v) is 9.40. The second kappa shape index (κ2) is 12.4. The van der Waals surface area contributed by atoms with Crippen LogP contribution < -0.4 is 0 Å². The van der Waals surface area contributed by atoms with Crippen LogP contribution in [0.4, 0.5) is 0 Å². The molecule has 0 aromatic carbocycles. The van der Waals surface area contributed by atoms with E-state index in [2.05, 4.69) is 13.2 Å². The van der Waals surface area contributed by atoms with Crippen LogP contribution in [0.3, 0.4) is 0 Å². The number of rotatable bonds is 13. The van der Waals surface area contributed by atoms with Gasteiger partial charge in [-0.15, -0.1) is 24.9 Å². The highest BCUT2D eigenvalue weighted by Gasteiger charge is 2.74. The summed E-state index contributed by atoms with van der Waals surface area (Å²) in [5.41, 5.74) is 0. The minimum absolute atomic E-state index is 0.0104. The van der Waals surface area contributed by atoms with Crippen LogP contribution in [0.15, 0.2) is 25.3 Å². The summed E-state index contributed by atoms with van der Waals surface area (Å²) < 4.78 is 5.04. The molecule has 8 heteroatoms.